The zero-order valence-corrected chi connectivity index (χ0v) is 5.59. The smallest absolute Gasteiger partial charge is 0.0829 e. The van der Waals surface area contributed by atoms with Crippen LogP contribution in [0.15, 0.2) is 0 Å². The van der Waals surface area contributed by atoms with Gasteiger partial charge in [-0.1, -0.05) is 6.42 Å². The Morgan fingerprint density at radius 2 is 2.22 bits per heavy atom. The molecule has 1 saturated carbocycles. The van der Waals surface area contributed by atoms with Crippen LogP contribution in [0.2, 0.25) is 0 Å². The maximum Gasteiger partial charge on any atom is 0.0829 e. The highest BCUT2D eigenvalue weighted by molar-refractivity contribution is 5.07. The average Bonchev–Trinajstić information content (AvgIpc) is 1.62. The van der Waals surface area contributed by atoms with E-state index in [-0.39, 0.29) is 5.41 Å². The normalized spacial score (nSPS) is 25.9. The molecular weight excluding hydrogens is 114 g/mol. The molecule has 1 fully saturated rings. The molecule has 1 rings (SSSR count). The molecule has 1 atom stereocenters. The summed E-state index contributed by atoms with van der Waals surface area (Å²) in [5.74, 6) is 0. The van der Waals surface area contributed by atoms with E-state index < -0.39 is 6.10 Å². The minimum Gasteiger partial charge on any atom is -0.392 e. The lowest BCUT2D eigenvalue weighted by atomic mass is 9.67. The van der Waals surface area contributed by atoms with E-state index in [0.29, 0.717) is 0 Å². The van der Waals surface area contributed by atoms with Gasteiger partial charge in [0.25, 0.3) is 0 Å². The predicted octanol–water partition coefficient (Wildman–Crippen LogP) is 1.06. The van der Waals surface area contributed by atoms with Crippen molar-refractivity contribution in [1.29, 1.82) is 5.26 Å². The summed E-state index contributed by atoms with van der Waals surface area (Å²) in [5.41, 5.74) is -0.375. The van der Waals surface area contributed by atoms with Crippen molar-refractivity contribution in [2.75, 3.05) is 0 Å². The molecule has 0 radical (unpaired) electrons. The SMILES string of the molecule is CC(O)C1(C#N)CCC1. The van der Waals surface area contributed by atoms with Gasteiger partial charge in [0.1, 0.15) is 0 Å². The fraction of sp³-hybridized carbons (Fsp3) is 0.857. The second-order valence-corrected chi connectivity index (χ2v) is 2.80. The van der Waals surface area contributed by atoms with Gasteiger partial charge in [-0.25, -0.2) is 0 Å². The van der Waals surface area contributed by atoms with Crippen LogP contribution in [0.3, 0.4) is 0 Å². The molecule has 0 amide bonds. The van der Waals surface area contributed by atoms with E-state index >= 15 is 0 Å². The van der Waals surface area contributed by atoms with Gasteiger partial charge in [-0.15, -0.1) is 0 Å². The molecule has 50 valence electrons. The summed E-state index contributed by atoms with van der Waals surface area (Å²) in [7, 11) is 0. The van der Waals surface area contributed by atoms with Gasteiger partial charge in [-0.05, 0) is 19.8 Å². The molecule has 0 aromatic heterocycles. The number of nitriles is 1. The summed E-state index contributed by atoms with van der Waals surface area (Å²) < 4.78 is 0. The van der Waals surface area contributed by atoms with E-state index in [1.54, 1.807) is 6.92 Å². The van der Waals surface area contributed by atoms with Gasteiger partial charge in [-0.2, -0.15) is 5.26 Å². The minimum atomic E-state index is -0.448. The second kappa shape index (κ2) is 2.00. The van der Waals surface area contributed by atoms with Gasteiger partial charge in [0.2, 0.25) is 0 Å². The van der Waals surface area contributed by atoms with Crippen molar-refractivity contribution in [2.24, 2.45) is 5.41 Å². The first kappa shape index (κ1) is 6.57. The van der Waals surface area contributed by atoms with Crippen molar-refractivity contribution in [3.63, 3.8) is 0 Å². The number of aliphatic hydroxyl groups excluding tert-OH is 1. The van der Waals surface area contributed by atoms with Crippen molar-refractivity contribution in [2.45, 2.75) is 32.3 Å². The van der Waals surface area contributed by atoms with Crippen LogP contribution in [0.4, 0.5) is 0 Å². The standard InChI is InChI=1S/C7H11NO/c1-6(9)7(5-8)3-2-4-7/h6,9H,2-4H2,1H3. The molecule has 0 heterocycles. The summed E-state index contributed by atoms with van der Waals surface area (Å²) in [6, 6.07) is 2.16. The van der Waals surface area contributed by atoms with Crippen LogP contribution in [0, 0.1) is 16.7 Å². The van der Waals surface area contributed by atoms with E-state index in [4.69, 9.17) is 10.4 Å². The molecule has 0 aliphatic heterocycles. The Morgan fingerprint density at radius 3 is 2.22 bits per heavy atom. The summed E-state index contributed by atoms with van der Waals surface area (Å²) in [6.07, 6.45) is 2.40. The molecule has 9 heavy (non-hydrogen) atoms. The molecule has 1 aliphatic carbocycles. The van der Waals surface area contributed by atoms with Gasteiger partial charge in [-0.3, -0.25) is 0 Å². The quantitative estimate of drug-likeness (QED) is 0.569. The van der Waals surface area contributed by atoms with Crippen LogP contribution in [0.25, 0.3) is 0 Å². The van der Waals surface area contributed by atoms with Crippen LogP contribution >= 0.6 is 0 Å². The van der Waals surface area contributed by atoms with Gasteiger partial charge < -0.3 is 5.11 Å². The minimum absolute atomic E-state index is 0.375. The number of nitrogens with zero attached hydrogens (tertiary/aromatic N) is 1. The molecule has 2 nitrogen and oxygen atoms in total. The summed E-state index contributed by atoms with van der Waals surface area (Å²) in [5, 5.41) is 17.7. The fourth-order valence-corrected chi connectivity index (χ4v) is 1.18. The Labute approximate surface area is 55.1 Å². The molecule has 1 unspecified atom stereocenters. The van der Waals surface area contributed by atoms with Crippen molar-refractivity contribution >= 4 is 0 Å². The Balaban J connectivity index is 2.60. The Hall–Kier alpha value is -0.550. The Kier molecular flexibility index (Phi) is 1.46. The summed E-state index contributed by atoms with van der Waals surface area (Å²) >= 11 is 0. The van der Waals surface area contributed by atoms with Gasteiger partial charge in [0, 0.05) is 0 Å². The van der Waals surface area contributed by atoms with Crippen LogP contribution in [-0.4, -0.2) is 11.2 Å². The van der Waals surface area contributed by atoms with Crippen LogP contribution in [0.5, 0.6) is 0 Å². The average molecular weight is 125 g/mol. The number of hydrogen-bond acceptors (Lipinski definition) is 2. The van der Waals surface area contributed by atoms with Crippen LogP contribution < -0.4 is 0 Å². The molecule has 2 heteroatoms. The monoisotopic (exact) mass is 125 g/mol. The molecule has 0 aromatic carbocycles. The fourth-order valence-electron chi connectivity index (χ4n) is 1.18. The first-order chi connectivity index (χ1) is 4.21. The molecule has 0 bridgehead atoms. The topological polar surface area (TPSA) is 44.0 Å². The van der Waals surface area contributed by atoms with E-state index in [2.05, 4.69) is 6.07 Å². The lowest BCUT2D eigenvalue weighted by Gasteiger charge is -2.37. The third-order valence-corrected chi connectivity index (χ3v) is 2.27. The van der Waals surface area contributed by atoms with Gasteiger partial charge in [0.05, 0.1) is 17.6 Å². The van der Waals surface area contributed by atoms with Crippen LogP contribution in [0.1, 0.15) is 26.2 Å². The number of rotatable bonds is 1. The van der Waals surface area contributed by atoms with Crippen molar-refractivity contribution in [3.8, 4) is 6.07 Å². The molecule has 0 saturated heterocycles. The highest BCUT2D eigenvalue weighted by Crippen LogP contribution is 2.42. The molecule has 0 spiro atoms. The third-order valence-electron chi connectivity index (χ3n) is 2.27. The second-order valence-electron chi connectivity index (χ2n) is 2.80. The van der Waals surface area contributed by atoms with Crippen molar-refractivity contribution < 1.29 is 5.11 Å². The largest absolute Gasteiger partial charge is 0.392 e. The molecule has 1 aliphatic rings. The zero-order valence-electron chi connectivity index (χ0n) is 5.59. The maximum absolute atomic E-state index is 9.10. The third kappa shape index (κ3) is 0.818. The number of aliphatic hydroxyl groups is 1. The first-order valence-corrected chi connectivity index (χ1v) is 3.30. The molecule has 0 aromatic rings. The zero-order chi connectivity index (χ0) is 6.91. The first-order valence-electron chi connectivity index (χ1n) is 3.30. The van der Waals surface area contributed by atoms with Crippen molar-refractivity contribution in [3.05, 3.63) is 0 Å². The summed E-state index contributed by atoms with van der Waals surface area (Å²) in [6.45, 7) is 1.70. The Morgan fingerprint density at radius 1 is 1.67 bits per heavy atom. The van der Waals surface area contributed by atoms with Crippen molar-refractivity contribution in [1.82, 2.24) is 0 Å². The van der Waals surface area contributed by atoms with E-state index in [1.807, 2.05) is 0 Å². The van der Waals surface area contributed by atoms with Gasteiger partial charge in [0.15, 0.2) is 0 Å². The maximum atomic E-state index is 9.10. The molecular formula is C7H11NO. The highest BCUT2D eigenvalue weighted by atomic mass is 16.3. The number of hydrogen-bond donors (Lipinski definition) is 1. The van der Waals surface area contributed by atoms with Gasteiger partial charge >= 0.3 is 0 Å². The lowest BCUT2D eigenvalue weighted by molar-refractivity contribution is 0.0231. The van der Waals surface area contributed by atoms with E-state index in [0.717, 1.165) is 19.3 Å². The van der Waals surface area contributed by atoms with E-state index in [9.17, 15) is 0 Å². The van der Waals surface area contributed by atoms with E-state index in [1.165, 1.54) is 0 Å². The lowest BCUT2D eigenvalue weighted by Crippen LogP contribution is -2.38. The van der Waals surface area contributed by atoms with Crippen LogP contribution in [-0.2, 0) is 0 Å². The summed E-state index contributed by atoms with van der Waals surface area (Å²) in [4.78, 5) is 0. The predicted molar refractivity (Wildman–Crippen MR) is 33.6 cm³/mol. The Bertz CT molecular complexity index is 141. The molecule has 1 N–H and O–H groups in total. The highest BCUT2D eigenvalue weighted by Gasteiger charge is 2.41.